The van der Waals surface area contributed by atoms with Crippen LogP contribution in [0.25, 0.3) is 21.5 Å². The molecule has 4 aromatic carbocycles. The van der Waals surface area contributed by atoms with Crippen LogP contribution < -0.4 is 5.73 Å². The van der Waals surface area contributed by atoms with Crippen LogP contribution in [0.5, 0.6) is 0 Å². The molecule has 0 fully saturated rings. The first kappa shape index (κ1) is 21.3. The summed E-state index contributed by atoms with van der Waals surface area (Å²) in [6.45, 7) is 2.02. The molecule has 2 aromatic heterocycles. The monoisotopic (exact) mass is 472 g/mol. The summed E-state index contributed by atoms with van der Waals surface area (Å²) < 4.78 is 2.17. The average Bonchev–Trinajstić information content (AvgIpc) is 3.50. The van der Waals surface area contributed by atoms with Gasteiger partial charge in [0.2, 0.25) is 0 Å². The Bertz CT molecular complexity index is 1510. The molecule has 0 bridgehead atoms. The van der Waals surface area contributed by atoms with Crippen molar-refractivity contribution in [2.45, 2.75) is 12.5 Å². The molecule has 0 saturated heterocycles. The zero-order valence-electron chi connectivity index (χ0n) is 19.3. The third kappa shape index (κ3) is 3.44. The second kappa shape index (κ2) is 8.53. The fourth-order valence-corrected chi connectivity index (χ4v) is 5.73. The van der Waals surface area contributed by atoms with Gasteiger partial charge in [0.1, 0.15) is 11.2 Å². The molecule has 170 valence electrons. The van der Waals surface area contributed by atoms with Gasteiger partial charge in [0.05, 0.1) is 15.4 Å². The van der Waals surface area contributed by atoms with Crippen LogP contribution in [-0.4, -0.2) is 14.8 Å². The molecule has 0 aliphatic carbocycles. The van der Waals surface area contributed by atoms with E-state index < -0.39 is 5.54 Å². The number of fused-ring (bicyclic) bond motifs is 1. The lowest BCUT2D eigenvalue weighted by molar-refractivity contribution is 0.477. The zero-order valence-corrected chi connectivity index (χ0v) is 20.1. The highest BCUT2D eigenvalue weighted by atomic mass is 32.1. The van der Waals surface area contributed by atoms with Crippen LogP contribution in [0.2, 0.25) is 0 Å². The molecule has 0 atom stereocenters. The van der Waals surface area contributed by atoms with Crippen molar-refractivity contribution >= 4 is 27.9 Å². The minimum Gasteiger partial charge on any atom is -0.399 e. The van der Waals surface area contributed by atoms with Crippen molar-refractivity contribution < 1.29 is 0 Å². The molecule has 5 heteroatoms. The molecule has 0 saturated carbocycles. The van der Waals surface area contributed by atoms with Crippen LogP contribution in [0.15, 0.2) is 115 Å². The Morgan fingerprint density at radius 2 is 1.29 bits per heavy atom. The van der Waals surface area contributed by atoms with Crippen LogP contribution >= 0.6 is 11.3 Å². The molecule has 35 heavy (non-hydrogen) atoms. The third-order valence-electron chi connectivity index (χ3n) is 6.45. The van der Waals surface area contributed by atoms with E-state index >= 15 is 0 Å². The summed E-state index contributed by atoms with van der Waals surface area (Å²) in [6, 6.07) is 37.9. The predicted molar refractivity (Wildman–Crippen MR) is 145 cm³/mol. The summed E-state index contributed by atoms with van der Waals surface area (Å²) in [4.78, 5) is 5.53. The number of benzene rings is 4. The van der Waals surface area contributed by atoms with Crippen LogP contribution in [0.3, 0.4) is 0 Å². The Kier molecular flexibility index (Phi) is 5.20. The normalized spacial score (nSPS) is 11.7. The standard InChI is InChI=1S/C30H24N4S/c1-21-32-20-28(35-21)29-26-19-25(31)17-18-27(26)34(33-29)30(22-11-5-2-6-12-22,23-13-7-3-8-14-23)24-15-9-4-10-16-24/h2-20H,31H2,1H3. The second-order valence-corrected chi connectivity index (χ2v) is 9.82. The van der Waals surface area contributed by atoms with Gasteiger partial charge < -0.3 is 5.73 Å². The van der Waals surface area contributed by atoms with E-state index in [0.29, 0.717) is 5.69 Å². The maximum Gasteiger partial charge on any atom is 0.138 e. The number of anilines is 1. The van der Waals surface area contributed by atoms with Gasteiger partial charge in [-0.05, 0) is 41.8 Å². The predicted octanol–water partition coefficient (Wildman–Crippen LogP) is 6.89. The number of hydrogen-bond acceptors (Lipinski definition) is 4. The van der Waals surface area contributed by atoms with Crippen molar-refractivity contribution in [3.05, 3.63) is 137 Å². The molecule has 0 unspecified atom stereocenters. The van der Waals surface area contributed by atoms with E-state index in [2.05, 4.69) is 107 Å². The first-order chi connectivity index (χ1) is 17.2. The van der Waals surface area contributed by atoms with Crippen LogP contribution in [-0.2, 0) is 5.54 Å². The lowest BCUT2D eigenvalue weighted by atomic mass is 9.77. The van der Waals surface area contributed by atoms with Gasteiger partial charge >= 0.3 is 0 Å². The highest BCUT2D eigenvalue weighted by Gasteiger charge is 2.41. The highest BCUT2D eigenvalue weighted by Crippen LogP contribution is 2.44. The molecular weight excluding hydrogens is 448 g/mol. The third-order valence-corrected chi connectivity index (χ3v) is 7.37. The minimum absolute atomic E-state index is 0.698. The van der Waals surface area contributed by atoms with Crippen molar-refractivity contribution in [2.24, 2.45) is 0 Å². The molecule has 0 amide bonds. The molecule has 0 aliphatic rings. The lowest BCUT2D eigenvalue weighted by Gasteiger charge is -2.37. The largest absolute Gasteiger partial charge is 0.399 e. The van der Waals surface area contributed by atoms with Gasteiger partial charge in [-0.1, -0.05) is 91.0 Å². The fourth-order valence-electron chi connectivity index (χ4n) is 4.95. The highest BCUT2D eigenvalue weighted by molar-refractivity contribution is 7.15. The average molecular weight is 473 g/mol. The topological polar surface area (TPSA) is 56.7 Å². The number of thiazole rings is 1. The number of aromatic nitrogens is 3. The summed E-state index contributed by atoms with van der Waals surface area (Å²) in [5, 5.41) is 7.37. The number of nitrogens with two attached hydrogens (primary N) is 1. The lowest BCUT2D eigenvalue weighted by Crippen LogP contribution is -2.38. The Labute approximate surface area is 208 Å². The van der Waals surface area contributed by atoms with Crippen molar-refractivity contribution in [3.8, 4) is 10.6 Å². The SMILES string of the molecule is Cc1ncc(-c2nn(C(c3ccccc3)(c3ccccc3)c3ccccc3)c3ccc(N)cc23)s1. The molecule has 2 heterocycles. The Morgan fingerprint density at radius 1 is 0.743 bits per heavy atom. The first-order valence-corrected chi connectivity index (χ1v) is 12.4. The summed E-state index contributed by atoms with van der Waals surface area (Å²) in [5.41, 5.74) is 11.6. The van der Waals surface area contributed by atoms with Gasteiger partial charge in [-0.25, -0.2) is 9.67 Å². The van der Waals surface area contributed by atoms with E-state index in [1.807, 2.05) is 25.3 Å². The maximum absolute atomic E-state index is 6.28. The second-order valence-electron chi connectivity index (χ2n) is 8.59. The molecule has 0 aliphatic heterocycles. The summed E-state index contributed by atoms with van der Waals surface area (Å²) in [5.74, 6) is 0. The van der Waals surface area contributed by atoms with Crippen molar-refractivity contribution in [1.82, 2.24) is 14.8 Å². The number of aryl methyl sites for hydroxylation is 1. The Morgan fingerprint density at radius 3 is 1.77 bits per heavy atom. The number of rotatable bonds is 5. The van der Waals surface area contributed by atoms with Crippen LogP contribution in [0.4, 0.5) is 5.69 Å². The van der Waals surface area contributed by atoms with Gasteiger partial charge in [0.25, 0.3) is 0 Å². The van der Waals surface area contributed by atoms with Gasteiger partial charge in [-0.15, -0.1) is 11.3 Å². The smallest absolute Gasteiger partial charge is 0.138 e. The first-order valence-electron chi connectivity index (χ1n) is 11.6. The van der Waals surface area contributed by atoms with Crippen molar-refractivity contribution in [2.75, 3.05) is 5.73 Å². The van der Waals surface area contributed by atoms with E-state index in [4.69, 9.17) is 10.8 Å². The number of hydrogen-bond donors (Lipinski definition) is 1. The molecule has 0 radical (unpaired) electrons. The molecule has 2 N–H and O–H groups in total. The van der Waals surface area contributed by atoms with Crippen LogP contribution in [0, 0.1) is 6.92 Å². The number of nitrogens with zero attached hydrogens (tertiary/aromatic N) is 3. The van der Waals surface area contributed by atoms with E-state index in [0.717, 1.165) is 43.2 Å². The molecule has 0 spiro atoms. The van der Waals surface area contributed by atoms with E-state index in [1.165, 1.54) is 0 Å². The Balaban J connectivity index is 1.80. The summed E-state index contributed by atoms with van der Waals surface area (Å²) >= 11 is 1.65. The Hall–Kier alpha value is -4.22. The van der Waals surface area contributed by atoms with Crippen molar-refractivity contribution in [1.29, 1.82) is 0 Å². The summed E-state index contributed by atoms with van der Waals surface area (Å²) in [6.07, 6.45) is 1.91. The zero-order chi connectivity index (χ0) is 23.8. The van der Waals surface area contributed by atoms with E-state index in [9.17, 15) is 0 Å². The van der Waals surface area contributed by atoms with Gasteiger partial charge in [0, 0.05) is 17.3 Å². The fraction of sp³-hybridized carbons (Fsp3) is 0.0667. The van der Waals surface area contributed by atoms with Crippen molar-refractivity contribution in [3.63, 3.8) is 0 Å². The molecule has 6 aromatic rings. The van der Waals surface area contributed by atoms with Crippen LogP contribution in [0.1, 0.15) is 21.7 Å². The number of nitrogen functional groups attached to an aromatic ring is 1. The van der Waals surface area contributed by atoms with Gasteiger partial charge in [-0.2, -0.15) is 5.10 Å². The van der Waals surface area contributed by atoms with Gasteiger partial charge in [-0.3, -0.25) is 0 Å². The maximum atomic E-state index is 6.28. The van der Waals surface area contributed by atoms with Gasteiger partial charge in [0.15, 0.2) is 0 Å². The molecule has 4 nitrogen and oxygen atoms in total. The minimum atomic E-state index is -0.698. The quantitative estimate of drug-likeness (QED) is 0.219. The molecule has 6 rings (SSSR count). The van der Waals surface area contributed by atoms with E-state index in [-0.39, 0.29) is 0 Å². The summed E-state index contributed by atoms with van der Waals surface area (Å²) in [7, 11) is 0. The van der Waals surface area contributed by atoms with E-state index in [1.54, 1.807) is 11.3 Å². The molecular formula is C30H24N4S.